The van der Waals surface area contributed by atoms with E-state index in [0.29, 0.717) is 18.4 Å². The van der Waals surface area contributed by atoms with Crippen molar-refractivity contribution in [1.82, 2.24) is 4.90 Å². The molecule has 1 unspecified atom stereocenters. The third kappa shape index (κ3) is 2.76. The Labute approximate surface area is 112 Å². The summed E-state index contributed by atoms with van der Waals surface area (Å²) in [4.78, 5) is 22.9. The molecule has 0 radical (unpaired) electrons. The summed E-state index contributed by atoms with van der Waals surface area (Å²) in [6.45, 7) is 0.0592. The number of carbonyl (C=O) groups is 2. The summed E-state index contributed by atoms with van der Waals surface area (Å²) in [5.74, 6) is -2.95. The van der Waals surface area contributed by atoms with Crippen molar-refractivity contribution in [3.05, 3.63) is 35.4 Å². The summed E-state index contributed by atoms with van der Waals surface area (Å²) in [5, 5.41) is 8.77. The minimum atomic E-state index is -4.89. The summed E-state index contributed by atoms with van der Waals surface area (Å²) in [6, 6.07) is 4.91. The second-order valence-corrected chi connectivity index (χ2v) is 4.58. The molecule has 108 valence electrons. The molecule has 7 heteroatoms. The normalized spacial score (nSPS) is 19.1. The van der Waals surface area contributed by atoms with Crippen molar-refractivity contribution in [2.45, 2.75) is 25.1 Å². The van der Waals surface area contributed by atoms with Crippen LogP contribution < -0.4 is 0 Å². The smallest absolute Gasteiger partial charge is 0.471 e. The van der Waals surface area contributed by atoms with E-state index in [4.69, 9.17) is 5.11 Å². The molecule has 1 atom stereocenters. The first-order chi connectivity index (χ1) is 9.30. The van der Waals surface area contributed by atoms with Crippen LogP contribution in [0.2, 0.25) is 0 Å². The molecule has 1 aromatic carbocycles. The first-order valence-corrected chi connectivity index (χ1v) is 6.02. The molecule has 20 heavy (non-hydrogen) atoms. The van der Waals surface area contributed by atoms with Gasteiger partial charge in [0.25, 0.3) is 0 Å². The minimum Gasteiger partial charge on any atom is -0.478 e. The summed E-state index contributed by atoms with van der Waals surface area (Å²) < 4.78 is 37.5. The molecule has 1 saturated heterocycles. The number of rotatable bonds is 2. The number of likely N-dealkylation sites (tertiary alicyclic amines) is 1. The second kappa shape index (κ2) is 5.15. The lowest BCUT2D eigenvalue weighted by molar-refractivity contribution is -0.186. The molecule has 2 rings (SSSR count). The second-order valence-electron chi connectivity index (χ2n) is 4.58. The number of carboxylic acids is 1. The highest BCUT2D eigenvalue weighted by molar-refractivity contribution is 5.87. The van der Waals surface area contributed by atoms with Gasteiger partial charge in [0, 0.05) is 6.54 Å². The van der Waals surface area contributed by atoms with Gasteiger partial charge in [0.15, 0.2) is 0 Å². The van der Waals surface area contributed by atoms with Crippen LogP contribution in [0.5, 0.6) is 0 Å². The molecule has 1 aliphatic heterocycles. The number of alkyl halides is 3. The van der Waals surface area contributed by atoms with E-state index < -0.39 is 24.1 Å². The van der Waals surface area contributed by atoms with Crippen LogP contribution in [-0.2, 0) is 4.79 Å². The number of amides is 1. The summed E-state index contributed by atoms with van der Waals surface area (Å²) >= 11 is 0. The SMILES string of the molecule is O=C(O)c1ccc(C2CCCN2C(=O)C(F)(F)F)cc1. The molecule has 1 fully saturated rings. The molecular weight excluding hydrogens is 275 g/mol. The number of hydrogen-bond acceptors (Lipinski definition) is 2. The highest BCUT2D eigenvalue weighted by Crippen LogP contribution is 2.35. The lowest BCUT2D eigenvalue weighted by Crippen LogP contribution is -2.40. The van der Waals surface area contributed by atoms with Crippen molar-refractivity contribution in [2.75, 3.05) is 6.54 Å². The summed E-state index contributed by atoms with van der Waals surface area (Å²) in [6.07, 6.45) is -3.95. The number of aromatic carboxylic acids is 1. The monoisotopic (exact) mass is 287 g/mol. The molecular formula is C13H12F3NO3. The van der Waals surface area contributed by atoms with Gasteiger partial charge in [0.1, 0.15) is 0 Å². The van der Waals surface area contributed by atoms with Crippen molar-refractivity contribution >= 4 is 11.9 Å². The first-order valence-electron chi connectivity index (χ1n) is 6.02. The van der Waals surface area contributed by atoms with E-state index in [2.05, 4.69) is 0 Å². The zero-order valence-electron chi connectivity index (χ0n) is 10.4. The van der Waals surface area contributed by atoms with E-state index in [1.807, 2.05) is 0 Å². The molecule has 0 saturated carbocycles. The van der Waals surface area contributed by atoms with Crippen molar-refractivity contribution < 1.29 is 27.9 Å². The molecule has 0 aromatic heterocycles. The maximum Gasteiger partial charge on any atom is 0.471 e. The van der Waals surface area contributed by atoms with E-state index in [1.165, 1.54) is 24.3 Å². The largest absolute Gasteiger partial charge is 0.478 e. The Balaban J connectivity index is 2.23. The van der Waals surface area contributed by atoms with Crippen LogP contribution in [0.15, 0.2) is 24.3 Å². The van der Waals surface area contributed by atoms with Gasteiger partial charge in [0.05, 0.1) is 11.6 Å². The van der Waals surface area contributed by atoms with Gasteiger partial charge < -0.3 is 10.0 Å². The Hall–Kier alpha value is -2.05. The topological polar surface area (TPSA) is 57.6 Å². The number of hydrogen-bond donors (Lipinski definition) is 1. The molecule has 4 nitrogen and oxygen atoms in total. The van der Waals surface area contributed by atoms with Crippen molar-refractivity contribution in [3.8, 4) is 0 Å². The van der Waals surface area contributed by atoms with Crippen molar-refractivity contribution in [1.29, 1.82) is 0 Å². The lowest BCUT2D eigenvalue weighted by Gasteiger charge is -2.25. The highest BCUT2D eigenvalue weighted by Gasteiger charge is 2.46. The van der Waals surface area contributed by atoms with Gasteiger partial charge in [0.2, 0.25) is 0 Å². The van der Waals surface area contributed by atoms with Gasteiger partial charge >= 0.3 is 18.1 Å². The van der Waals surface area contributed by atoms with Crippen molar-refractivity contribution in [2.24, 2.45) is 0 Å². The minimum absolute atomic E-state index is 0.0560. The maximum atomic E-state index is 12.5. The number of halogens is 3. The predicted molar refractivity (Wildman–Crippen MR) is 63.1 cm³/mol. The Kier molecular flexibility index (Phi) is 3.69. The molecule has 1 amide bonds. The summed E-state index contributed by atoms with van der Waals surface area (Å²) in [5.41, 5.74) is 0.575. The quantitative estimate of drug-likeness (QED) is 0.909. The van der Waals surface area contributed by atoms with Crippen molar-refractivity contribution in [3.63, 3.8) is 0 Å². The van der Waals surface area contributed by atoms with Gasteiger partial charge in [-0.15, -0.1) is 0 Å². The van der Waals surface area contributed by atoms with Gasteiger partial charge in [-0.25, -0.2) is 4.79 Å². The average Bonchev–Trinajstić information content (AvgIpc) is 2.85. The molecule has 1 heterocycles. The first kappa shape index (κ1) is 14.4. The van der Waals surface area contributed by atoms with Crippen LogP contribution in [0.3, 0.4) is 0 Å². The standard InChI is InChI=1S/C13H12F3NO3/c14-13(15,16)12(20)17-7-1-2-10(17)8-3-5-9(6-4-8)11(18)19/h3-6,10H,1-2,7H2,(H,18,19). The third-order valence-electron chi connectivity index (χ3n) is 3.30. The van der Waals surface area contributed by atoms with E-state index in [-0.39, 0.29) is 12.1 Å². The number of carbonyl (C=O) groups excluding carboxylic acids is 1. The fraction of sp³-hybridized carbons (Fsp3) is 0.385. The molecule has 1 N–H and O–H groups in total. The van der Waals surface area contributed by atoms with Crippen LogP contribution >= 0.6 is 0 Å². The van der Waals surface area contributed by atoms with E-state index >= 15 is 0 Å². The Morgan fingerprint density at radius 2 is 1.80 bits per heavy atom. The predicted octanol–water partition coefficient (Wildman–Crippen LogP) is 2.61. The van der Waals surface area contributed by atoms with Crippen LogP contribution in [-0.4, -0.2) is 34.6 Å². The molecule has 0 bridgehead atoms. The molecule has 0 aliphatic carbocycles. The van der Waals surface area contributed by atoms with E-state index in [9.17, 15) is 22.8 Å². The van der Waals surface area contributed by atoms with Crippen LogP contribution in [0.4, 0.5) is 13.2 Å². The number of benzene rings is 1. The average molecular weight is 287 g/mol. The lowest BCUT2D eigenvalue weighted by atomic mass is 10.0. The summed E-state index contributed by atoms with van der Waals surface area (Å²) in [7, 11) is 0. The highest BCUT2D eigenvalue weighted by atomic mass is 19.4. The maximum absolute atomic E-state index is 12.5. The fourth-order valence-electron chi connectivity index (χ4n) is 2.37. The Bertz CT molecular complexity index is 525. The van der Waals surface area contributed by atoms with E-state index in [1.54, 1.807) is 0 Å². The fourth-order valence-corrected chi connectivity index (χ4v) is 2.37. The van der Waals surface area contributed by atoms with Crippen LogP contribution in [0.1, 0.15) is 34.8 Å². The van der Waals surface area contributed by atoms with Gasteiger partial charge in [-0.2, -0.15) is 13.2 Å². The number of carboxylic acid groups (broad SMARTS) is 1. The van der Waals surface area contributed by atoms with Crippen LogP contribution in [0, 0.1) is 0 Å². The Morgan fingerprint density at radius 1 is 1.20 bits per heavy atom. The zero-order chi connectivity index (χ0) is 14.9. The zero-order valence-corrected chi connectivity index (χ0v) is 10.4. The third-order valence-corrected chi connectivity index (χ3v) is 3.30. The molecule has 0 spiro atoms. The molecule has 1 aliphatic rings. The van der Waals surface area contributed by atoms with Gasteiger partial charge in [-0.05, 0) is 30.5 Å². The van der Waals surface area contributed by atoms with E-state index in [0.717, 1.165) is 4.90 Å². The van der Waals surface area contributed by atoms with Gasteiger partial charge in [-0.3, -0.25) is 4.79 Å². The van der Waals surface area contributed by atoms with Gasteiger partial charge in [-0.1, -0.05) is 12.1 Å². The molecule has 1 aromatic rings. The van der Waals surface area contributed by atoms with Crippen LogP contribution in [0.25, 0.3) is 0 Å². The Morgan fingerprint density at radius 3 is 2.30 bits per heavy atom. The number of nitrogens with zero attached hydrogens (tertiary/aromatic N) is 1.